The second-order valence-electron chi connectivity index (χ2n) is 5.86. The molecule has 0 bridgehead atoms. The van der Waals surface area contributed by atoms with E-state index in [-0.39, 0.29) is 22.7 Å². The molecule has 0 unspecified atom stereocenters. The molecule has 1 aromatic carbocycles. The molecule has 11 heteroatoms. The molecule has 0 fully saturated rings. The first-order valence-corrected chi connectivity index (χ1v) is 9.41. The van der Waals surface area contributed by atoms with Gasteiger partial charge >= 0.3 is 12.1 Å². The Kier molecular flexibility index (Phi) is 5.40. The third-order valence-electron chi connectivity index (χ3n) is 3.58. The zero-order chi connectivity index (χ0) is 19.7. The predicted octanol–water partition coefficient (Wildman–Crippen LogP) is 2.26. The molecule has 142 valence electrons. The average molecular weight is 391 g/mol. The number of nitrogens with zero attached hydrogens (tertiary/aromatic N) is 3. The number of aromatic nitrogens is 2. The molecule has 0 saturated heterocycles. The summed E-state index contributed by atoms with van der Waals surface area (Å²) in [6.45, 7) is 1.60. The van der Waals surface area contributed by atoms with E-state index in [0.29, 0.717) is 0 Å². The van der Waals surface area contributed by atoms with Crippen molar-refractivity contribution in [2.24, 2.45) is 0 Å². The third kappa shape index (κ3) is 4.81. The van der Waals surface area contributed by atoms with Crippen molar-refractivity contribution >= 4 is 15.7 Å². The maximum atomic E-state index is 12.5. The Labute approximate surface area is 147 Å². The fourth-order valence-corrected chi connectivity index (χ4v) is 3.27. The highest BCUT2D eigenvalue weighted by Gasteiger charge is 2.38. The Bertz CT molecular complexity index is 892. The molecule has 0 N–H and O–H groups in total. The molecule has 7 nitrogen and oxygen atoms in total. The van der Waals surface area contributed by atoms with Crippen molar-refractivity contribution < 1.29 is 30.9 Å². The third-order valence-corrected chi connectivity index (χ3v) is 4.67. The van der Waals surface area contributed by atoms with Crippen LogP contribution in [0.15, 0.2) is 28.8 Å². The van der Waals surface area contributed by atoms with Crippen molar-refractivity contribution in [3.05, 3.63) is 35.7 Å². The number of alkyl halides is 3. The van der Waals surface area contributed by atoms with Gasteiger partial charge < -0.3 is 9.42 Å². The van der Waals surface area contributed by atoms with Crippen LogP contribution in [0.25, 0.3) is 11.4 Å². The SMILES string of the molecule is C[C@@H](CS(C)(=O)=O)N(C)C(=O)c1ccc(-c2noc(C(F)(F)F)n2)cc1. The Morgan fingerprint density at radius 2 is 1.85 bits per heavy atom. The molecule has 0 radical (unpaired) electrons. The number of hydrogen-bond donors (Lipinski definition) is 0. The van der Waals surface area contributed by atoms with Crippen LogP contribution < -0.4 is 0 Å². The van der Waals surface area contributed by atoms with Gasteiger partial charge in [0.15, 0.2) is 0 Å². The molecule has 26 heavy (non-hydrogen) atoms. The van der Waals surface area contributed by atoms with Gasteiger partial charge in [0.1, 0.15) is 9.84 Å². The van der Waals surface area contributed by atoms with E-state index in [0.717, 1.165) is 6.26 Å². The lowest BCUT2D eigenvalue weighted by molar-refractivity contribution is -0.159. The number of hydrogen-bond acceptors (Lipinski definition) is 6. The zero-order valence-corrected chi connectivity index (χ0v) is 14.9. The van der Waals surface area contributed by atoms with Gasteiger partial charge in [0.2, 0.25) is 5.82 Å². The molecule has 1 heterocycles. The number of sulfone groups is 1. The van der Waals surface area contributed by atoms with Crippen LogP contribution in [-0.2, 0) is 16.0 Å². The fourth-order valence-electron chi connectivity index (χ4n) is 2.17. The summed E-state index contributed by atoms with van der Waals surface area (Å²) in [5, 5.41) is 3.26. The number of benzene rings is 1. The average Bonchev–Trinajstić information content (AvgIpc) is 3.02. The Morgan fingerprint density at radius 3 is 2.31 bits per heavy atom. The van der Waals surface area contributed by atoms with Crippen LogP contribution in [0.3, 0.4) is 0 Å². The van der Waals surface area contributed by atoms with Crippen molar-refractivity contribution in [3.63, 3.8) is 0 Å². The van der Waals surface area contributed by atoms with Crippen LogP contribution in [0.5, 0.6) is 0 Å². The van der Waals surface area contributed by atoms with E-state index < -0.39 is 33.9 Å². The van der Waals surface area contributed by atoms with Crippen LogP contribution in [0.1, 0.15) is 23.2 Å². The number of carbonyl (C=O) groups excluding carboxylic acids is 1. The highest BCUT2D eigenvalue weighted by atomic mass is 32.2. The van der Waals surface area contributed by atoms with Crippen molar-refractivity contribution in [2.45, 2.75) is 19.1 Å². The Morgan fingerprint density at radius 1 is 1.27 bits per heavy atom. The second-order valence-corrected chi connectivity index (χ2v) is 8.04. The van der Waals surface area contributed by atoms with Crippen LogP contribution in [0.4, 0.5) is 13.2 Å². The van der Waals surface area contributed by atoms with Gasteiger partial charge in [-0.3, -0.25) is 4.79 Å². The number of rotatable bonds is 5. The largest absolute Gasteiger partial charge is 0.471 e. The smallest absolute Gasteiger partial charge is 0.338 e. The molecule has 1 atom stereocenters. The van der Waals surface area contributed by atoms with Crippen LogP contribution >= 0.6 is 0 Å². The minimum atomic E-state index is -4.74. The summed E-state index contributed by atoms with van der Waals surface area (Å²) in [6.07, 6.45) is -3.66. The maximum absolute atomic E-state index is 12.5. The molecule has 0 aliphatic carbocycles. The summed E-state index contributed by atoms with van der Waals surface area (Å²) in [6, 6.07) is 5.01. The van der Waals surface area contributed by atoms with Gasteiger partial charge in [-0.2, -0.15) is 18.2 Å². The highest BCUT2D eigenvalue weighted by Crippen LogP contribution is 2.29. The molecule has 1 amide bonds. The fraction of sp³-hybridized carbons (Fsp3) is 0.400. The number of carbonyl (C=O) groups is 1. The van der Waals surface area contributed by atoms with Crippen LogP contribution in [0.2, 0.25) is 0 Å². The van der Waals surface area contributed by atoms with Crippen molar-refractivity contribution in [1.82, 2.24) is 15.0 Å². The first-order chi connectivity index (χ1) is 11.9. The standard InChI is InChI=1S/C15H16F3N3O4S/c1-9(8-26(3,23)24)21(2)13(22)11-6-4-10(5-7-11)12-19-14(25-20-12)15(16,17)18/h4-7,9H,8H2,1-3H3/t9-/m0/s1. The molecule has 0 aliphatic heterocycles. The number of amides is 1. The molecule has 2 aromatic rings. The highest BCUT2D eigenvalue weighted by molar-refractivity contribution is 7.90. The maximum Gasteiger partial charge on any atom is 0.471 e. The van der Waals surface area contributed by atoms with Crippen molar-refractivity contribution in [3.8, 4) is 11.4 Å². The van der Waals surface area contributed by atoms with Gasteiger partial charge in [0.25, 0.3) is 5.91 Å². The quantitative estimate of drug-likeness (QED) is 0.776. The van der Waals surface area contributed by atoms with Gasteiger partial charge in [0, 0.05) is 30.5 Å². The monoisotopic (exact) mass is 391 g/mol. The minimum absolute atomic E-state index is 0.184. The van der Waals surface area contributed by atoms with Gasteiger partial charge in [-0.1, -0.05) is 17.3 Å². The molecule has 0 spiro atoms. The van der Waals surface area contributed by atoms with E-state index in [1.165, 1.54) is 36.2 Å². The first-order valence-electron chi connectivity index (χ1n) is 7.34. The van der Waals surface area contributed by atoms with E-state index in [9.17, 15) is 26.4 Å². The normalized spacial score (nSPS) is 13.5. The van der Waals surface area contributed by atoms with E-state index in [1.54, 1.807) is 6.92 Å². The molecule has 0 aliphatic rings. The molecular weight excluding hydrogens is 375 g/mol. The zero-order valence-electron chi connectivity index (χ0n) is 14.1. The van der Waals surface area contributed by atoms with Gasteiger partial charge in [-0.05, 0) is 19.1 Å². The van der Waals surface area contributed by atoms with Crippen molar-refractivity contribution in [2.75, 3.05) is 19.1 Å². The second kappa shape index (κ2) is 7.06. The van der Waals surface area contributed by atoms with E-state index in [2.05, 4.69) is 14.7 Å². The van der Waals surface area contributed by atoms with Gasteiger partial charge in [0.05, 0.1) is 5.75 Å². The first kappa shape index (κ1) is 19.9. The van der Waals surface area contributed by atoms with Gasteiger partial charge in [-0.25, -0.2) is 8.42 Å². The summed E-state index contributed by atoms with van der Waals surface area (Å²) >= 11 is 0. The summed E-state index contributed by atoms with van der Waals surface area (Å²) < 4.78 is 64.3. The summed E-state index contributed by atoms with van der Waals surface area (Å²) in [4.78, 5) is 16.9. The molecule has 0 saturated carbocycles. The molecule has 1 aromatic heterocycles. The lowest BCUT2D eigenvalue weighted by atomic mass is 10.1. The summed E-state index contributed by atoms with van der Waals surface area (Å²) in [5.74, 6) is -2.31. The number of halogens is 3. The minimum Gasteiger partial charge on any atom is -0.338 e. The van der Waals surface area contributed by atoms with E-state index >= 15 is 0 Å². The van der Waals surface area contributed by atoms with Crippen LogP contribution in [0, 0.1) is 0 Å². The lowest BCUT2D eigenvalue weighted by Crippen LogP contribution is -2.39. The topological polar surface area (TPSA) is 93.4 Å². The van der Waals surface area contributed by atoms with Crippen molar-refractivity contribution in [1.29, 1.82) is 0 Å². The van der Waals surface area contributed by atoms with E-state index in [4.69, 9.17) is 0 Å². The predicted molar refractivity (Wildman–Crippen MR) is 86.0 cm³/mol. The van der Waals surface area contributed by atoms with Gasteiger partial charge in [-0.15, -0.1) is 0 Å². The molecule has 2 rings (SSSR count). The lowest BCUT2D eigenvalue weighted by Gasteiger charge is -2.24. The summed E-state index contributed by atoms with van der Waals surface area (Å²) in [7, 11) is -1.78. The van der Waals surface area contributed by atoms with Crippen LogP contribution in [-0.4, -0.2) is 54.5 Å². The summed E-state index contributed by atoms with van der Waals surface area (Å²) in [5.41, 5.74) is 0.490. The van der Waals surface area contributed by atoms with E-state index in [1.807, 2.05) is 0 Å². The Balaban J connectivity index is 2.16. The molecular formula is C15H16F3N3O4S. The Hall–Kier alpha value is -2.43.